The lowest BCUT2D eigenvalue weighted by Gasteiger charge is -2.29. The number of rotatable bonds is 1. The summed E-state index contributed by atoms with van der Waals surface area (Å²) in [6.07, 6.45) is -0.529. The monoisotopic (exact) mass is 290 g/mol. The van der Waals surface area contributed by atoms with Crippen LogP contribution >= 0.6 is 0 Å². The number of anilines is 1. The van der Waals surface area contributed by atoms with Crippen LogP contribution in [0.1, 0.15) is 0 Å². The Balaban J connectivity index is 2.12. The van der Waals surface area contributed by atoms with Crippen LogP contribution in [0.2, 0.25) is 0 Å². The molecule has 1 saturated heterocycles. The first-order chi connectivity index (χ1) is 10.0. The number of H-pyrrole nitrogens is 1. The van der Waals surface area contributed by atoms with E-state index in [0.29, 0.717) is 31.3 Å². The average Bonchev–Trinajstić information content (AvgIpc) is 2.96. The van der Waals surface area contributed by atoms with Gasteiger partial charge in [-0.2, -0.15) is 10.2 Å². The fraction of sp³-hybridized carbons (Fsp3) is 0.500. The number of nitrogens with one attached hydrogen (secondary N) is 1. The van der Waals surface area contributed by atoms with Crippen molar-refractivity contribution in [2.75, 3.05) is 24.6 Å². The smallest absolute Gasteiger partial charge is 0.332 e. The van der Waals surface area contributed by atoms with Crippen molar-refractivity contribution in [3.05, 3.63) is 20.8 Å². The van der Waals surface area contributed by atoms with Gasteiger partial charge >= 0.3 is 5.69 Å². The van der Waals surface area contributed by atoms with E-state index in [-0.39, 0.29) is 5.52 Å². The highest BCUT2D eigenvalue weighted by molar-refractivity contribution is 5.73. The Hall–Kier alpha value is -2.60. The normalized spacial score (nSPS) is 18.9. The van der Waals surface area contributed by atoms with Crippen LogP contribution in [0.4, 0.5) is 5.95 Å². The Kier molecular flexibility index (Phi) is 3.03. The third-order valence-electron chi connectivity index (χ3n) is 3.59. The molecule has 3 heterocycles. The van der Waals surface area contributed by atoms with Gasteiger partial charge in [-0.05, 0) is 0 Å². The van der Waals surface area contributed by atoms with Gasteiger partial charge < -0.3 is 14.6 Å². The first-order valence-corrected chi connectivity index (χ1v) is 6.45. The topological polar surface area (TPSA) is 109 Å². The van der Waals surface area contributed by atoms with E-state index in [4.69, 9.17) is 10.00 Å². The third kappa shape index (κ3) is 2.00. The molecule has 2 aromatic heterocycles. The Labute approximate surface area is 119 Å². The summed E-state index contributed by atoms with van der Waals surface area (Å²) in [6, 6.07) is 2.05. The van der Waals surface area contributed by atoms with Crippen molar-refractivity contribution in [2.45, 2.75) is 6.10 Å². The number of morpholine rings is 1. The maximum absolute atomic E-state index is 12.1. The average molecular weight is 290 g/mol. The highest BCUT2D eigenvalue weighted by atomic mass is 16.5. The first-order valence-electron chi connectivity index (χ1n) is 6.45. The molecule has 9 heteroatoms. The minimum absolute atomic E-state index is 0.273. The quantitative estimate of drug-likeness (QED) is 0.698. The summed E-state index contributed by atoms with van der Waals surface area (Å²) >= 11 is 0. The van der Waals surface area contributed by atoms with Crippen molar-refractivity contribution in [1.29, 1.82) is 5.26 Å². The zero-order chi connectivity index (χ0) is 15.1. The molecule has 2 aromatic rings. The van der Waals surface area contributed by atoms with E-state index in [1.54, 1.807) is 7.05 Å². The fourth-order valence-corrected chi connectivity index (χ4v) is 2.38. The van der Waals surface area contributed by atoms with Crippen LogP contribution in [0.5, 0.6) is 0 Å². The van der Waals surface area contributed by atoms with Gasteiger partial charge in [0.15, 0.2) is 17.3 Å². The molecule has 3 rings (SSSR count). The van der Waals surface area contributed by atoms with Gasteiger partial charge in [-0.3, -0.25) is 13.9 Å². The third-order valence-corrected chi connectivity index (χ3v) is 3.59. The Bertz CT molecular complexity index is 855. The zero-order valence-corrected chi connectivity index (χ0v) is 11.7. The number of ether oxygens (including phenoxy) is 1. The van der Waals surface area contributed by atoms with E-state index in [1.165, 1.54) is 11.6 Å². The highest BCUT2D eigenvalue weighted by Gasteiger charge is 2.23. The van der Waals surface area contributed by atoms with Gasteiger partial charge in [0, 0.05) is 20.6 Å². The van der Waals surface area contributed by atoms with Crippen LogP contribution in [-0.2, 0) is 18.8 Å². The zero-order valence-electron chi connectivity index (χ0n) is 11.7. The summed E-state index contributed by atoms with van der Waals surface area (Å²) in [4.78, 5) is 33.1. The van der Waals surface area contributed by atoms with E-state index in [1.807, 2.05) is 4.90 Å². The van der Waals surface area contributed by atoms with Crippen LogP contribution in [0.15, 0.2) is 9.59 Å². The number of imidazole rings is 1. The molecule has 110 valence electrons. The number of aromatic amines is 1. The lowest BCUT2D eigenvalue weighted by Crippen LogP contribution is -2.42. The van der Waals surface area contributed by atoms with E-state index in [9.17, 15) is 9.59 Å². The molecule has 1 fully saturated rings. The van der Waals surface area contributed by atoms with Crippen LogP contribution in [-0.4, -0.2) is 44.9 Å². The second-order valence-electron chi connectivity index (χ2n) is 4.90. The van der Waals surface area contributed by atoms with Gasteiger partial charge in [-0.15, -0.1) is 0 Å². The predicted octanol–water partition coefficient (Wildman–Crippen LogP) is -1.31. The van der Waals surface area contributed by atoms with Gasteiger partial charge in [0.25, 0.3) is 5.56 Å². The molecule has 9 nitrogen and oxygen atoms in total. The number of aryl methyl sites for hydroxylation is 1. The second kappa shape index (κ2) is 4.75. The van der Waals surface area contributed by atoms with Gasteiger partial charge in [-0.1, -0.05) is 0 Å². The van der Waals surface area contributed by atoms with Crippen molar-refractivity contribution in [3.63, 3.8) is 0 Å². The Morgan fingerprint density at radius 1 is 1.38 bits per heavy atom. The maximum Gasteiger partial charge on any atom is 0.332 e. The second-order valence-corrected chi connectivity index (χ2v) is 4.90. The van der Waals surface area contributed by atoms with Gasteiger partial charge in [0.1, 0.15) is 0 Å². The molecule has 1 aliphatic rings. The maximum atomic E-state index is 12.1. The highest BCUT2D eigenvalue weighted by Crippen LogP contribution is 2.16. The lowest BCUT2D eigenvalue weighted by atomic mass is 10.3. The summed E-state index contributed by atoms with van der Waals surface area (Å²) in [6.45, 7) is 1.34. The molecule has 1 atom stereocenters. The summed E-state index contributed by atoms with van der Waals surface area (Å²) in [5, 5.41) is 8.93. The molecular weight excluding hydrogens is 276 g/mol. The predicted molar refractivity (Wildman–Crippen MR) is 74.1 cm³/mol. The molecule has 1 aliphatic heterocycles. The van der Waals surface area contributed by atoms with Gasteiger partial charge in [0.05, 0.1) is 19.2 Å². The molecule has 0 radical (unpaired) electrons. The van der Waals surface area contributed by atoms with Gasteiger partial charge in [-0.25, -0.2) is 4.79 Å². The first kappa shape index (κ1) is 13.4. The summed E-state index contributed by atoms with van der Waals surface area (Å²) in [5.41, 5.74) is -0.271. The van der Waals surface area contributed by atoms with E-state index < -0.39 is 17.4 Å². The number of hydrogen-bond acceptors (Lipinski definition) is 6. The molecule has 0 bridgehead atoms. The van der Waals surface area contributed by atoms with Crippen LogP contribution in [0.25, 0.3) is 11.2 Å². The van der Waals surface area contributed by atoms with Crippen molar-refractivity contribution in [2.24, 2.45) is 14.1 Å². The van der Waals surface area contributed by atoms with Gasteiger partial charge in [0.2, 0.25) is 5.95 Å². The molecule has 0 saturated carbocycles. The van der Waals surface area contributed by atoms with Crippen LogP contribution < -0.4 is 16.1 Å². The van der Waals surface area contributed by atoms with Crippen molar-refractivity contribution >= 4 is 17.1 Å². The summed E-state index contributed by atoms with van der Waals surface area (Å²) in [7, 11) is 2.98. The largest absolute Gasteiger partial charge is 0.360 e. The van der Waals surface area contributed by atoms with Crippen LogP contribution in [0, 0.1) is 11.3 Å². The fourth-order valence-electron chi connectivity index (χ4n) is 2.38. The van der Waals surface area contributed by atoms with E-state index in [0.717, 1.165) is 4.57 Å². The molecule has 1 N–H and O–H groups in total. The molecule has 0 amide bonds. The molecule has 21 heavy (non-hydrogen) atoms. The van der Waals surface area contributed by atoms with Crippen molar-refractivity contribution in [1.82, 2.24) is 19.1 Å². The Morgan fingerprint density at radius 3 is 2.86 bits per heavy atom. The minimum Gasteiger partial charge on any atom is -0.360 e. The number of aromatic nitrogens is 4. The molecule has 0 aromatic carbocycles. The number of hydrogen-bond donors (Lipinski definition) is 1. The van der Waals surface area contributed by atoms with E-state index in [2.05, 4.69) is 16.0 Å². The molecule has 0 spiro atoms. The van der Waals surface area contributed by atoms with Crippen molar-refractivity contribution < 1.29 is 4.74 Å². The standard InChI is InChI=1S/C12H14N6O3/c1-16-9-8(10(19)17(2)12(16)20)14-11(15-9)18-3-4-21-7(5-13)6-18/h7H,3-4,6H2,1-2H3,(H,14,15). The molecule has 0 aliphatic carbocycles. The number of nitriles is 1. The SMILES string of the molecule is Cn1c(=O)c2[nH]c(N3CCOC(C#N)C3)nc2n(C)c1=O. The van der Waals surface area contributed by atoms with Crippen molar-refractivity contribution in [3.8, 4) is 6.07 Å². The number of nitrogens with zero attached hydrogens (tertiary/aromatic N) is 5. The van der Waals surface area contributed by atoms with Crippen LogP contribution in [0.3, 0.4) is 0 Å². The lowest BCUT2D eigenvalue weighted by molar-refractivity contribution is 0.0759. The minimum atomic E-state index is -0.529. The molecule has 1 unspecified atom stereocenters. The molecular formula is C12H14N6O3. The van der Waals surface area contributed by atoms with E-state index >= 15 is 0 Å². The summed E-state index contributed by atoms with van der Waals surface area (Å²) in [5.74, 6) is 0.465. The summed E-state index contributed by atoms with van der Waals surface area (Å²) < 4.78 is 7.62. The number of fused-ring (bicyclic) bond motifs is 1. The Morgan fingerprint density at radius 2 is 2.14 bits per heavy atom.